The van der Waals surface area contributed by atoms with Crippen LogP contribution < -0.4 is 0 Å². The highest BCUT2D eigenvalue weighted by Crippen LogP contribution is 2.26. The number of carbonyl (C=O) groups is 1. The molecular formula is C28H33N3O2S. The van der Waals surface area contributed by atoms with Gasteiger partial charge in [-0.2, -0.15) is 0 Å². The number of amides is 1. The molecule has 3 heterocycles. The van der Waals surface area contributed by atoms with Crippen LogP contribution in [0.5, 0.6) is 0 Å². The van der Waals surface area contributed by atoms with Crippen LogP contribution in [0.15, 0.2) is 60.0 Å². The summed E-state index contributed by atoms with van der Waals surface area (Å²) in [5.41, 5.74) is 4.72. The van der Waals surface area contributed by atoms with Gasteiger partial charge in [-0.15, -0.1) is 11.3 Å². The van der Waals surface area contributed by atoms with E-state index >= 15 is 0 Å². The van der Waals surface area contributed by atoms with E-state index in [-0.39, 0.29) is 5.91 Å². The number of hydrogen-bond donors (Lipinski definition) is 0. The molecule has 5 nitrogen and oxygen atoms in total. The molecule has 178 valence electrons. The quantitative estimate of drug-likeness (QED) is 0.498. The Balaban J connectivity index is 1.11. The van der Waals surface area contributed by atoms with Gasteiger partial charge in [-0.1, -0.05) is 54.6 Å². The molecule has 2 fully saturated rings. The molecule has 2 saturated heterocycles. The molecule has 2 aliphatic rings. The average molecular weight is 476 g/mol. The molecule has 0 unspecified atom stereocenters. The number of rotatable bonds is 7. The number of morpholine rings is 1. The molecule has 1 amide bonds. The molecule has 34 heavy (non-hydrogen) atoms. The summed E-state index contributed by atoms with van der Waals surface area (Å²) in [5, 5.41) is 3.03. The van der Waals surface area contributed by atoms with Crippen molar-refractivity contribution in [1.82, 2.24) is 14.8 Å². The van der Waals surface area contributed by atoms with Gasteiger partial charge in [0, 0.05) is 43.7 Å². The topological polar surface area (TPSA) is 45.7 Å². The number of benzene rings is 2. The predicted octanol–water partition coefficient (Wildman–Crippen LogP) is 4.67. The van der Waals surface area contributed by atoms with Gasteiger partial charge in [-0.3, -0.25) is 9.69 Å². The van der Waals surface area contributed by atoms with E-state index in [0.29, 0.717) is 12.3 Å². The summed E-state index contributed by atoms with van der Waals surface area (Å²) < 4.78 is 5.43. The summed E-state index contributed by atoms with van der Waals surface area (Å²) in [4.78, 5) is 22.1. The largest absolute Gasteiger partial charge is 0.379 e. The molecule has 0 spiro atoms. The summed E-state index contributed by atoms with van der Waals surface area (Å²) in [6, 6.07) is 19.4. The van der Waals surface area contributed by atoms with Crippen LogP contribution in [-0.4, -0.2) is 60.1 Å². The van der Waals surface area contributed by atoms with Crippen LogP contribution in [0.2, 0.25) is 0 Å². The van der Waals surface area contributed by atoms with Crippen LogP contribution in [-0.2, 0) is 28.9 Å². The van der Waals surface area contributed by atoms with E-state index in [1.807, 2.05) is 10.3 Å². The predicted molar refractivity (Wildman–Crippen MR) is 137 cm³/mol. The van der Waals surface area contributed by atoms with E-state index in [2.05, 4.69) is 59.5 Å². The van der Waals surface area contributed by atoms with Crippen molar-refractivity contribution in [3.05, 3.63) is 76.8 Å². The average Bonchev–Trinajstić information content (AvgIpc) is 3.34. The number of thiazole rings is 1. The maximum Gasteiger partial charge on any atom is 0.228 e. The Labute approximate surface area is 206 Å². The molecular weight excluding hydrogens is 442 g/mol. The first kappa shape index (κ1) is 23.2. The molecule has 2 aliphatic heterocycles. The second-order valence-electron chi connectivity index (χ2n) is 9.42. The van der Waals surface area contributed by atoms with Crippen molar-refractivity contribution >= 4 is 17.2 Å². The molecule has 0 bridgehead atoms. The fourth-order valence-electron chi connectivity index (χ4n) is 4.89. The minimum atomic E-state index is 0.205. The number of carbonyl (C=O) groups excluding carboxylic acids is 1. The minimum Gasteiger partial charge on any atom is -0.379 e. The lowest BCUT2D eigenvalue weighted by molar-refractivity contribution is -0.131. The third-order valence-corrected chi connectivity index (χ3v) is 7.87. The zero-order valence-corrected chi connectivity index (χ0v) is 20.5. The van der Waals surface area contributed by atoms with Crippen LogP contribution >= 0.6 is 11.3 Å². The van der Waals surface area contributed by atoms with Crippen molar-refractivity contribution in [1.29, 1.82) is 0 Å². The summed E-state index contributed by atoms with van der Waals surface area (Å²) in [5.74, 6) is 0.874. The molecule has 5 rings (SSSR count). The van der Waals surface area contributed by atoms with Gasteiger partial charge in [0.15, 0.2) is 0 Å². The highest BCUT2D eigenvalue weighted by atomic mass is 32.1. The van der Waals surface area contributed by atoms with E-state index in [1.54, 1.807) is 11.3 Å². The van der Waals surface area contributed by atoms with Gasteiger partial charge in [0.1, 0.15) is 5.01 Å². The fourth-order valence-corrected chi connectivity index (χ4v) is 5.72. The Morgan fingerprint density at radius 1 is 0.941 bits per heavy atom. The van der Waals surface area contributed by atoms with E-state index in [9.17, 15) is 4.79 Å². The van der Waals surface area contributed by atoms with Crippen LogP contribution in [0, 0.1) is 5.92 Å². The van der Waals surface area contributed by atoms with Gasteiger partial charge in [0.05, 0.1) is 25.3 Å². The van der Waals surface area contributed by atoms with Crippen molar-refractivity contribution in [3.8, 4) is 10.6 Å². The Morgan fingerprint density at radius 2 is 1.68 bits per heavy atom. The van der Waals surface area contributed by atoms with E-state index in [4.69, 9.17) is 9.72 Å². The molecule has 6 heteroatoms. The van der Waals surface area contributed by atoms with Gasteiger partial charge in [-0.25, -0.2) is 4.98 Å². The molecule has 0 saturated carbocycles. The molecule has 3 aromatic rings. The third-order valence-electron chi connectivity index (χ3n) is 6.93. The van der Waals surface area contributed by atoms with E-state index in [0.717, 1.165) is 81.5 Å². The number of nitrogens with zero attached hydrogens (tertiary/aromatic N) is 3. The lowest BCUT2D eigenvalue weighted by Crippen LogP contribution is -2.39. The minimum absolute atomic E-state index is 0.205. The first-order chi connectivity index (χ1) is 16.7. The third kappa shape index (κ3) is 6.12. The monoisotopic (exact) mass is 475 g/mol. The van der Waals surface area contributed by atoms with Crippen molar-refractivity contribution in [2.24, 2.45) is 5.92 Å². The van der Waals surface area contributed by atoms with Gasteiger partial charge in [-0.05, 0) is 36.3 Å². The SMILES string of the molecule is O=C(Cc1csc(-c2ccc(CN3CCOCC3)cc2)n1)N1CCC(Cc2ccccc2)CC1. The lowest BCUT2D eigenvalue weighted by Gasteiger charge is -2.32. The second-order valence-corrected chi connectivity index (χ2v) is 10.3. The Morgan fingerprint density at radius 3 is 2.41 bits per heavy atom. The van der Waals surface area contributed by atoms with Crippen LogP contribution in [0.25, 0.3) is 10.6 Å². The van der Waals surface area contributed by atoms with Crippen molar-refractivity contribution in [2.45, 2.75) is 32.2 Å². The standard InChI is InChI=1S/C28H33N3O2S/c32-27(31-12-10-23(11-13-31)18-22-4-2-1-3-5-22)19-26-21-34-28(29-26)25-8-6-24(7-9-25)20-30-14-16-33-17-15-30/h1-9,21,23H,10-20H2. The zero-order valence-electron chi connectivity index (χ0n) is 19.7. The highest BCUT2D eigenvalue weighted by Gasteiger charge is 2.23. The summed E-state index contributed by atoms with van der Waals surface area (Å²) in [6.45, 7) is 6.32. The maximum absolute atomic E-state index is 12.9. The molecule has 0 atom stereocenters. The number of hydrogen-bond acceptors (Lipinski definition) is 5. The van der Waals surface area contributed by atoms with Gasteiger partial charge >= 0.3 is 0 Å². The lowest BCUT2D eigenvalue weighted by atomic mass is 9.90. The second kappa shape index (κ2) is 11.3. The smallest absolute Gasteiger partial charge is 0.228 e. The molecule has 0 N–H and O–H groups in total. The van der Waals surface area contributed by atoms with Gasteiger partial charge in [0.2, 0.25) is 5.91 Å². The summed E-state index contributed by atoms with van der Waals surface area (Å²) >= 11 is 1.63. The summed E-state index contributed by atoms with van der Waals surface area (Å²) in [6.07, 6.45) is 3.68. The van der Waals surface area contributed by atoms with E-state index < -0.39 is 0 Å². The Bertz CT molecular complexity index is 1050. The number of likely N-dealkylation sites (tertiary alicyclic amines) is 1. The van der Waals surface area contributed by atoms with Gasteiger partial charge in [0.25, 0.3) is 0 Å². The normalized spacial score (nSPS) is 17.7. The van der Waals surface area contributed by atoms with Crippen molar-refractivity contribution in [3.63, 3.8) is 0 Å². The summed E-state index contributed by atoms with van der Waals surface area (Å²) in [7, 11) is 0. The molecule has 2 aromatic carbocycles. The molecule has 0 aliphatic carbocycles. The zero-order chi connectivity index (χ0) is 23.2. The van der Waals surface area contributed by atoms with Crippen LogP contribution in [0.3, 0.4) is 0 Å². The van der Waals surface area contributed by atoms with Crippen molar-refractivity contribution in [2.75, 3.05) is 39.4 Å². The number of aromatic nitrogens is 1. The van der Waals surface area contributed by atoms with E-state index in [1.165, 1.54) is 11.1 Å². The van der Waals surface area contributed by atoms with Crippen LogP contribution in [0.1, 0.15) is 29.7 Å². The Hall–Kier alpha value is -2.54. The fraction of sp³-hybridized carbons (Fsp3) is 0.429. The van der Waals surface area contributed by atoms with Crippen molar-refractivity contribution < 1.29 is 9.53 Å². The highest BCUT2D eigenvalue weighted by molar-refractivity contribution is 7.13. The number of piperidine rings is 1. The van der Waals surface area contributed by atoms with Crippen LogP contribution in [0.4, 0.5) is 0 Å². The molecule has 1 aromatic heterocycles. The molecule has 0 radical (unpaired) electrons. The first-order valence-corrected chi connectivity index (χ1v) is 13.3. The first-order valence-electron chi connectivity index (χ1n) is 12.4. The Kier molecular flexibility index (Phi) is 7.69. The number of ether oxygens (including phenoxy) is 1. The maximum atomic E-state index is 12.9. The van der Waals surface area contributed by atoms with Gasteiger partial charge < -0.3 is 9.64 Å².